The second-order valence-electron chi connectivity index (χ2n) is 9.61. The maximum absolute atomic E-state index is 14.8. The third-order valence-corrected chi connectivity index (χ3v) is 7.03. The van der Waals surface area contributed by atoms with Crippen LogP contribution in [0.3, 0.4) is 0 Å². The summed E-state index contributed by atoms with van der Waals surface area (Å²) >= 11 is 0. The van der Waals surface area contributed by atoms with Crippen LogP contribution in [-0.4, -0.2) is 54.2 Å². The smallest absolute Gasteiger partial charge is 0.245 e. The number of anilines is 2. The zero-order chi connectivity index (χ0) is 28.2. The highest BCUT2D eigenvalue weighted by Gasteiger charge is 2.24. The number of benzene rings is 3. The molecule has 3 aromatic carbocycles. The van der Waals surface area contributed by atoms with Gasteiger partial charge in [-0.05, 0) is 48.4 Å². The number of hydrogen-bond acceptors (Lipinski definition) is 7. The molecule has 1 fully saturated rings. The molecule has 0 atom stereocenters. The zero-order valence-corrected chi connectivity index (χ0v) is 22.7. The molecule has 206 valence electrons. The highest BCUT2D eigenvalue weighted by molar-refractivity contribution is 5.94. The number of likely N-dealkylation sites (tertiary alicyclic amines) is 1. The Bertz CT molecular complexity index is 1570. The standard InChI is InChI=1S/C31H31FN4O4/c1-5-30(37)36-12-10-21(11-13-36)40-29-16-23-25(17-28(29)39-4)33-18-34-31(23)35-26-15-20(7-9-27(26)38-3)22-8-6-19(2)14-24(22)32/h5-9,14-18,21H,1,10-13H2,2-4H3,(H,33,34,35). The number of halogens is 1. The monoisotopic (exact) mass is 542 g/mol. The number of methoxy groups -OCH3 is 2. The van der Waals surface area contributed by atoms with E-state index >= 15 is 0 Å². The number of nitrogens with zero attached hydrogens (tertiary/aromatic N) is 3. The van der Waals surface area contributed by atoms with Crippen molar-refractivity contribution in [2.75, 3.05) is 32.6 Å². The number of carbonyl (C=O) groups excluding carboxylic acids is 1. The van der Waals surface area contributed by atoms with Gasteiger partial charge in [-0.3, -0.25) is 4.79 Å². The minimum Gasteiger partial charge on any atom is -0.495 e. The number of piperidine rings is 1. The maximum Gasteiger partial charge on any atom is 0.245 e. The molecule has 0 saturated carbocycles. The Morgan fingerprint density at radius 1 is 1.02 bits per heavy atom. The normalized spacial score (nSPS) is 13.7. The van der Waals surface area contributed by atoms with Crippen LogP contribution < -0.4 is 19.5 Å². The van der Waals surface area contributed by atoms with E-state index in [4.69, 9.17) is 14.2 Å². The molecule has 9 heteroatoms. The van der Waals surface area contributed by atoms with E-state index in [9.17, 15) is 9.18 Å². The molecule has 0 radical (unpaired) electrons. The van der Waals surface area contributed by atoms with Crippen LogP contribution in [-0.2, 0) is 4.79 Å². The van der Waals surface area contributed by atoms with Crippen LogP contribution in [0, 0.1) is 12.7 Å². The fraction of sp³-hybridized carbons (Fsp3) is 0.258. The summed E-state index contributed by atoms with van der Waals surface area (Å²) in [5, 5.41) is 4.07. The lowest BCUT2D eigenvalue weighted by Crippen LogP contribution is -2.41. The molecule has 1 aromatic heterocycles. The number of aryl methyl sites for hydroxylation is 1. The molecule has 4 aromatic rings. The van der Waals surface area contributed by atoms with E-state index in [0.717, 1.165) is 5.56 Å². The maximum atomic E-state index is 14.8. The number of nitrogens with one attached hydrogen (secondary N) is 1. The molecule has 1 saturated heterocycles. The largest absolute Gasteiger partial charge is 0.495 e. The lowest BCUT2D eigenvalue weighted by atomic mass is 10.0. The van der Waals surface area contributed by atoms with Crippen molar-refractivity contribution in [3.05, 3.63) is 78.9 Å². The fourth-order valence-electron chi connectivity index (χ4n) is 4.87. The molecule has 1 amide bonds. The molecule has 8 nitrogen and oxygen atoms in total. The Hall–Kier alpha value is -4.66. The average molecular weight is 543 g/mol. The van der Waals surface area contributed by atoms with Gasteiger partial charge >= 0.3 is 0 Å². The first-order valence-corrected chi connectivity index (χ1v) is 13.0. The molecular weight excluding hydrogens is 511 g/mol. The summed E-state index contributed by atoms with van der Waals surface area (Å²) < 4.78 is 32.3. The van der Waals surface area contributed by atoms with E-state index in [-0.39, 0.29) is 17.8 Å². The SMILES string of the molecule is C=CC(=O)N1CCC(Oc2cc3c(Nc4cc(-c5ccc(C)cc5F)ccc4OC)ncnc3cc2OC)CC1. The first kappa shape index (κ1) is 26.9. The third-order valence-electron chi connectivity index (χ3n) is 7.03. The number of fused-ring (bicyclic) bond motifs is 1. The fourth-order valence-corrected chi connectivity index (χ4v) is 4.87. The number of ether oxygens (including phenoxy) is 3. The molecule has 2 heterocycles. The average Bonchev–Trinajstić information content (AvgIpc) is 2.97. The Kier molecular flexibility index (Phi) is 7.82. The first-order valence-electron chi connectivity index (χ1n) is 13.0. The Balaban J connectivity index is 1.46. The van der Waals surface area contributed by atoms with E-state index in [2.05, 4.69) is 21.9 Å². The van der Waals surface area contributed by atoms with Crippen LogP contribution in [0.25, 0.3) is 22.0 Å². The molecule has 5 rings (SSSR count). The Morgan fingerprint density at radius 2 is 1.80 bits per heavy atom. The van der Waals surface area contributed by atoms with Crippen molar-refractivity contribution in [3.63, 3.8) is 0 Å². The van der Waals surface area contributed by atoms with Gasteiger partial charge in [-0.2, -0.15) is 0 Å². The summed E-state index contributed by atoms with van der Waals surface area (Å²) in [6.07, 6.45) is 4.10. The van der Waals surface area contributed by atoms with Crippen molar-refractivity contribution >= 4 is 28.3 Å². The zero-order valence-electron chi connectivity index (χ0n) is 22.7. The lowest BCUT2D eigenvalue weighted by Gasteiger charge is -2.31. The second-order valence-corrected chi connectivity index (χ2v) is 9.61. The molecule has 0 unspecified atom stereocenters. The van der Waals surface area contributed by atoms with Gasteiger partial charge in [0.15, 0.2) is 11.5 Å². The summed E-state index contributed by atoms with van der Waals surface area (Å²) in [7, 11) is 3.16. The minimum absolute atomic E-state index is 0.0702. The molecule has 0 aliphatic carbocycles. The molecule has 0 spiro atoms. The summed E-state index contributed by atoms with van der Waals surface area (Å²) in [6, 6.07) is 14.3. The summed E-state index contributed by atoms with van der Waals surface area (Å²) in [5.41, 5.74) is 3.33. The van der Waals surface area contributed by atoms with Gasteiger partial charge in [0.1, 0.15) is 29.8 Å². The van der Waals surface area contributed by atoms with Gasteiger partial charge in [0.05, 0.1) is 25.4 Å². The molecule has 1 aliphatic heterocycles. The molecule has 0 bridgehead atoms. The summed E-state index contributed by atoms with van der Waals surface area (Å²) in [5.74, 6) is 1.86. The van der Waals surface area contributed by atoms with Crippen LogP contribution in [0.15, 0.2) is 67.5 Å². The Labute approximate surface area is 232 Å². The lowest BCUT2D eigenvalue weighted by molar-refractivity contribution is -0.127. The quantitative estimate of drug-likeness (QED) is 0.271. The van der Waals surface area contributed by atoms with Crippen molar-refractivity contribution in [3.8, 4) is 28.4 Å². The van der Waals surface area contributed by atoms with Crippen molar-refractivity contribution < 1.29 is 23.4 Å². The van der Waals surface area contributed by atoms with Crippen LogP contribution in [0.5, 0.6) is 17.2 Å². The summed E-state index contributed by atoms with van der Waals surface area (Å²) in [4.78, 5) is 22.6. The van der Waals surface area contributed by atoms with Crippen LogP contribution >= 0.6 is 0 Å². The number of carbonyl (C=O) groups is 1. The Morgan fingerprint density at radius 3 is 2.50 bits per heavy atom. The van der Waals surface area contributed by atoms with Gasteiger partial charge in [0.2, 0.25) is 5.91 Å². The van der Waals surface area contributed by atoms with Gasteiger partial charge < -0.3 is 24.4 Å². The number of aromatic nitrogens is 2. The van der Waals surface area contributed by atoms with E-state index in [1.165, 1.54) is 18.5 Å². The molecular formula is C31H31FN4O4. The minimum atomic E-state index is -0.294. The molecule has 1 aliphatic rings. The predicted molar refractivity (Wildman–Crippen MR) is 153 cm³/mol. The highest BCUT2D eigenvalue weighted by atomic mass is 19.1. The van der Waals surface area contributed by atoms with E-state index in [1.54, 1.807) is 31.3 Å². The molecule has 40 heavy (non-hydrogen) atoms. The third kappa shape index (κ3) is 5.54. The van der Waals surface area contributed by atoms with E-state index < -0.39 is 0 Å². The summed E-state index contributed by atoms with van der Waals surface area (Å²) in [6.45, 7) is 6.62. The molecule has 1 N–H and O–H groups in total. The number of amides is 1. The van der Waals surface area contributed by atoms with Gasteiger partial charge in [0, 0.05) is 42.9 Å². The van der Waals surface area contributed by atoms with Crippen molar-refractivity contribution in [2.45, 2.75) is 25.9 Å². The predicted octanol–water partition coefficient (Wildman–Crippen LogP) is 6.06. The van der Waals surface area contributed by atoms with Gasteiger partial charge in [-0.1, -0.05) is 24.8 Å². The topological polar surface area (TPSA) is 85.8 Å². The van der Waals surface area contributed by atoms with Gasteiger partial charge in [0.25, 0.3) is 0 Å². The van der Waals surface area contributed by atoms with Crippen LogP contribution in [0.2, 0.25) is 0 Å². The van der Waals surface area contributed by atoms with Gasteiger partial charge in [-0.25, -0.2) is 14.4 Å². The van der Waals surface area contributed by atoms with Crippen molar-refractivity contribution in [1.82, 2.24) is 14.9 Å². The first-order chi connectivity index (χ1) is 19.4. The van der Waals surface area contributed by atoms with E-state index in [1.807, 2.05) is 37.3 Å². The second kappa shape index (κ2) is 11.6. The van der Waals surface area contributed by atoms with Crippen molar-refractivity contribution in [1.29, 1.82) is 0 Å². The van der Waals surface area contributed by atoms with E-state index in [0.29, 0.717) is 76.7 Å². The number of hydrogen-bond donors (Lipinski definition) is 1. The van der Waals surface area contributed by atoms with Crippen LogP contribution in [0.4, 0.5) is 15.9 Å². The highest BCUT2D eigenvalue weighted by Crippen LogP contribution is 2.38. The van der Waals surface area contributed by atoms with Crippen molar-refractivity contribution in [2.24, 2.45) is 0 Å². The van der Waals surface area contributed by atoms with Crippen LogP contribution in [0.1, 0.15) is 18.4 Å². The number of rotatable bonds is 8. The van der Waals surface area contributed by atoms with Gasteiger partial charge in [-0.15, -0.1) is 0 Å².